The summed E-state index contributed by atoms with van der Waals surface area (Å²) in [6.07, 6.45) is -0.779. The molecule has 0 saturated carbocycles. The number of aliphatic hydroxyl groups is 1. The van der Waals surface area contributed by atoms with Crippen molar-refractivity contribution in [3.63, 3.8) is 0 Å². The minimum absolute atomic E-state index is 0.161. The maximum atomic E-state index is 13.2. The minimum Gasteiger partial charge on any atom is -0.483 e. The molecule has 19 heavy (non-hydrogen) atoms. The maximum absolute atomic E-state index is 13.2. The molecule has 0 aromatic heterocycles. The van der Waals surface area contributed by atoms with Crippen LogP contribution in [-0.4, -0.2) is 35.6 Å². The number of halogens is 1. The Morgan fingerprint density at radius 3 is 2.58 bits per heavy atom. The van der Waals surface area contributed by atoms with Crippen LogP contribution in [0.15, 0.2) is 18.2 Å². The number of rotatable bonds is 6. The molecular weight excluding hydrogens is 249 g/mol. The van der Waals surface area contributed by atoms with Gasteiger partial charge in [0.2, 0.25) is 0 Å². The third kappa shape index (κ3) is 4.21. The first kappa shape index (κ1) is 15.4. The Morgan fingerprint density at radius 2 is 2.05 bits per heavy atom. The fourth-order valence-corrected chi connectivity index (χ4v) is 1.79. The third-order valence-corrected chi connectivity index (χ3v) is 2.89. The van der Waals surface area contributed by atoms with E-state index in [1.165, 1.54) is 18.2 Å². The third-order valence-electron chi connectivity index (χ3n) is 2.89. The van der Waals surface area contributed by atoms with Crippen molar-refractivity contribution < 1.29 is 19.0 Å². The molecule has 0 fully saturated rings. The topological polar surface area (TPSA) is 49.8 Å². The second-order valence-corrected chi connectivity index (χ2v) is 4.21. The summed E-state index contributed by atoms with van der Waals surface area (Å²) in [4.78, 5) is 13.4. The molecule has 5 heteroatoms. The predicted molar refractivity (Wildman–Crippen MR) is 70.5 cm³/mol. The minimum atomic E-state index is -0.779. The van der Waals surface area contributed by atoms with Crippen molar-refractivity contribution in [3.8, 4) is 5.75 Å². The van der Waals surface area contributed by atoms with E-state index in [9.17, 15) is 14.3 Å². The van der Waals surface area contributed by atoms with Crippen molar-refractivity contribution in [2.24, 2.45) is 0 Å². The van der Waals surface area contributed by atoms with Gasteiger partial charge in [-0.2, -0.15) is 0 Å². The molecule has 1 aromatic rings. The van der Waals surface area contributed by atoms with Gasteiger partial charge in [0.05, 0.1) is 6.10 Å². The molecule has 0 aliphatic carbocycles. The van der Waals surface area contributed by atoms with Crippen LogP contribution in [0.5, 0.6) is 5.75 Å². The lowest BCUT2D eigenvalue weighted by molar-refractivity contribution is -0.133. The molecule has 0 radical (unpaired) electrons. The average Bonchev–Trinajstić information content (AvgIpc) is 2.37. The molecular formula is C14H20FNO3. The highest BCUT2D eigenvalue weighted by Crippen LogP contribution is 2.25. The number of carbonyl (C=O) groups is 1. The van der Waals surface area contributed by atoms with Crippen LogP contribution in [0.1, 0.15) is 32.4 Å². The number of benzene rings is 1. The lowest BCUT2D eigenvalue weighted by Crippen LogP contribution is -2.34. The van der Waals surface area contributed by atoms with Gasteiger partial charge < -0.3 is 14.7 Å². The predicted octanol–water partition coefficient (Wildman–Crippen LogP) is 2.13. The van der Waals surface area contributed by atoms with Crippen molar-refractivity contribution in [3.05, 3.63) is 29.6 Å². The maximum Gasteiger partial charge on any atom is 0.260 e. The Balaban J connectivity index is 2.77. The number of aliphatic hydroxyl groups excluding tert-OH is 1. The van der Waals surface area contributed by atoms with E-state index in [1.807, 2.05) is 13.8 Å². The first-order chi connectivity index (χ1) is 8.99. The van der Waals surface area contributed by atoms with Crippen LogP contribution < -0.4 is 4.74 Å². The molecule has 0 heterocycles. The summed E-state index contributed by atoms with van der Waals surface area (Å²) in [5.41, 5.74) is 0.466. The SMILES string of the molecule is CCN(CC)C(=O)COc1cc(F)ccc1[C@H](C)O. The van der Waals surface area contributed by atoms with Crippen molar-refractivity contribution in [1.29, 1.82) is 0 Å². The molecule has 1 amide bonds. The highest BCUT2D eigenvalue weighted by Gasteiger charge is 2.14. The fourth-order valence-electron chi connectivity index (χ4n) is 1.79. The average molecular weight is 269 g/mol. The van der Waals surface area contributed by atoms with Crippen LogP contribution >= 0.6 is 0 Å². The van der Waals surface area contributed by atoms with Gasteiger partial charge in [-0.15, -0.1) is 0 Å². The zero-order valence-electron chi connectivity index (χ0n) is 11.5. The molecule has 1 aromatic carbocycles. The number of hydrogen-bond donors (Lipinski definition) is 1. The van der Waals surface area contributed by atoms with Gasteiger partial charge in [-0.05, 0) is 32.9 Å². The molecule has 0 spiro atoms. The summed E-state index contributed by atoms with van der Waals surface area (Å²) in [6.45, 7) is 6.36. The number of likely N-dealkylation sites (N-methyl/N-ethyl adjacent to an activating group) is 1. The summed E-state index contributed by atoms with van der Waals surface area (Å²) in [5.74, 6) is -0.420. The van der Waals surface area contributed by atoms with E-state index in [0.717, 1.165) is 0 Å². The zero-order valence-corrected chi connectivity index (χ0v) is 11.5. The molecule has 1 atom stereocenters. The highest BCUT2D eigenvalue weighted by molar-refractivity contribution is 5.77. The van der Waals surface area contributed by atoms with Gasteiger partial charge in [0.15, 0.2) is 6.61 Å². The van der Waals surface area contributed by atoms with E-state index in [4.69, 9.17) is 4.74 Å². The quantitative estimate of drug-likeness (QED) is 0.860. The molecule has 4 nitrogen and oxygen atoms in total. The van der Waals surface area contributed by atoms with Crippen LogP contribution in [0.3, 0.4) is 0 Å². The Morgan fingerprint density at radius 1 is 1.42 bits per heavy atom. The number of nitrogens with zero attached hydrogens (tertiary/aromatic N) is 1. The van der Waals surface area contributed by atoms with Crippen molar-refractivity contribution >= 4 is 5.91 Å². The van der Waals surface area contributed by atoms with Gasteiger partial charge in [-0.1, -0.05) is 0 Å². The number of carbonyl (C=O) groups excluding carboxylic acids is 1. The standard InChI is InChI=1S/C14H20FNO3/c1-4-16(5-2)14(18)9-19-13-8-11(15)6-7-12(13)10(3)17/h6-8,10,17H,4-5,9H2,1-3H3/t10-/m0/s1. The van der Waals surface area contributed by atoms with E-state index in [1.54, 1.807) is 11.8 Å². The fraction of sp³-hybridized carbons (Fsp3) is 0.500. The largest absolute Gasteiger partial charge is 0.483 e. The van der Waals surface area contributed by atoms with Crippen molar-refractivity contribution in [2.75, 3.05) is 19.7 Å². The van der Waals surface area contributed by atoms with E-state index < -0.39 is 11.9 Å². The van der Waals surface area contributed by atoms with Gasteiger partial charge >= 0.3 is 0 Å². The monoisotopic (exact) mass is 269 g/mol. The smallest absolute Gasteiger partial charge is 0.260 e. The van der Waals surface area contributed by atoms with Crippen molar-refractivity contribution in [2.45, 2.75) is 26.9 Å². The van der Waals surface area contributed by atoms with E-state index in [2.05, 4.69) is 0 Å². The molecule has 1 N–H and O–H groups in total. The van der Waals surface area contributed by atoms with Gasteiger partial charge in [0, 0.05) is 24.7 Å². The molecule has 0 aliphatic rings. The molecule has 0 aliphatic heterocycles. The van der Waals surface area contributed by atoms with Crippen molar-refractivity contribution in [1.82, 2.24) is 4.90 Å². The van der Waals surface area contributed by atoms with Crippen LogP contribution in [-0.2, 0) is 4.79 Å². The van der Waals surface area contributed by atoms with E-state index in [-0.39, 0.29) is 18.3 Å². The Bertz CT molecular complexity index is 431. The normalized spacial score (nSPS) is 12.1. The van der Waals surface area contributed by atoms with Crippen LogP contribution in [0.2, 0.25) is 0 Å². The van der Waals surface area contributed by atoms with Crippen LogP contribution in [0, 0.1) is 5.82 Å². The summed E-state index contributed by atoms with van der Waals surface area (Å²) in [7, 11) is 0. The summed E-state index contributed by atoms with van der Waals surface area (Å²) >= 11 is 0. The zero-order chi connectivity index (χ0) is 14.4. The Labute approximate surface area is 112 Å². The van der Waals surface area contributed by atoms with Gasteiger partial charge in [-0.25, -0.2) is 4.39 Å². The molecule has 106 valence electrons. The molecule has 1 rings (SSSR count). The summed E-state index contributed by atoms with van der Waals surface area (Å²) in [6, 6.07) is 3.88. The highest BCUT2D eigenvalue weighted by atomic mass is 19.1. The first-order valence-corrected chi connectivity index (χ1v) is 6.37. The van der Waals surface area contributed by atoms with Gasteiger partial charge in [0.1, 0.15) is 11.6 Å². The Kier molecular flexibility index (Phi) is 5.76. The van der Waals surface area contributed by atoms with E-state index in [0.29, 0.717) is 18.7 Å². The lowest BCUT2D eigenvalue weighted by Gasteiger charge is -2.19. The van der Waals surface area contributed by atoms with Crippen LogP contribution in [0.25, 0.3) is 0 Å². The second kappa shape index (κ2) is 7.09. The first-order valence-electron chi connectivity index (χ1n) is 6.37. The lowest BCUT2D eigenvalue weighted by atomic mass is 10.1. The summed E-state index contributed by atoms with van der Waals surface area (Å²) < 4.78 is 18.5. The number of amides is 1. The number of hydrogen-bond acceptors (Lipinski definition) is 3. The van der Waals surface area contributed by atoms with E-state index >= 15 is 0 Å². The van der Waals surface area contributed by atoms with Crippen LogP contribution in [0.4, 0.5) is 4.39 Å². The molecule has 0 saturated heterocycles. The van der Waals surface area contributed by atoms with Gasteiger partial charge in [-0.3, -0.25) is 4.79 Å². The second-order valence-electron chi connectivity index (χ2n) is 4.21. The molecule has 0 bridgehead atoms. The number of ether oxygens (including phenoxy) is 1. The van der Waals surface area contributed by atoms with Gasteiger partial charge in [0.25, 0.3) is 5.91 Å². The Hall–Kier alpha value is -1.62. The summed E-state index contributed by atoms with van der Waals surface area (Å²) in [5, 5.41) is 9.56. The molecule has 0 unspecified atom stereocenters.